The number of carbonyl (C=O) groups is 5. The Bertz CT molecular complexity index is 3230. The van der Waals surface area contributed by atoms with Gasteiger partial charge in [-0.2, -0.15) is 5.06 Å². The van der Waals surface area contributed by atoms with Crippen molar-refractivity contribution in [2.24, 2.45) is 29.1 Å². The number of benzene rings is 6. The van der Waals surface area contributed by atoms with Crippen molar-refractivity contribution in [3.05, 3.63) is 175 Å². The standard InChI is InChI=1S/C41H53N3O7.C15H13BrO3.C10H10BrNO2/c1-24-33-19-30(41(33,3)4)20-34(24)42-39(47)37-36(25(2)46)35(22-45)51-44(37)21-29-9-8-10-32(27-13-15-28(16-14-27)40(48)43(5)6)38(29)50-23-26-11-17-31(49-7)18-12-26;1-18-13-7-5-11(6-8-13)10-19-15-12(9-17)3-2-4-14(15)16;1-12(2)10(14)9-7(6-13)4-3-5-8(9)11/h8-18,24-25,30,33-37,45-46H,19-23H2,1-7H3,(H,42,47);2-9H,10H2,1H3;3-6H,1-2H3/t24-,25-,30+,33-,34-,35-,36+,37-;;/m0../s1. The summed E-state index contributed by atoms with van der Waals surface area (Å²) >= 11 is 6.63. The summed E-state index contributed by atoms with van der Waals surface area (Å²) in [5.41, 5.74) is 6.59. The summed E-state index contributed by atoms with van der Waals surface area (Å²) < 4.78 is 24.1. The number of fused-ring (bicyclic) bond motifs is 2. The molecule has 3 amide bonds. The lowest BCUT2D eigenvalue weighted by molar-refractivity contribution is -0.183. The number of aliphatic hydroxyl groups is 2. The summed E-state index contributed by atoms with van der Waals surface area (Å²) in [5, 5.41) is 26.3. The van der Waals surface area contributed by atoms with Crippen molar-refractivity contribution in [2.45, 2.75) is 84.6 Å². The van der Waals surface area contributed by atoms with E-state index in [1.54, 1.807) is 102 Å². The maximum Gasteiger partial charge on any atom is 0.255 e. The second-order valence-corrected chi connectivity index (χ2v) is 24.1. The minimum atomic E-state index is -0.903. The fourth-order valence-corrected chi connectivity index (χ4v) is 12.5. The lowest BCUT2D eigenvalue weighted by Gasteiger charge is -2.62. The van der Waals surface area contributed by atoms with Gasteiger partial charge >= 0.3 is 0 Å². The molecular formula is C66H76Br2N4O12. The van der Waals surface area contributed by atoms with Gasteiger partial charge in [-0.05, 0) is 146 Å². The topological polar surface area (TPSA) is 194 Å². The minimum Gasteiger partial charge on any atom is -0.497 e. The summed E-state index contributed by atoms with van der Waals surface area (Å²) in [6.07, 6.45) is 1.93. The van der Waals surface area contributed by atoms with Gasteiger partial charge in [0.1, 0.15) is 48.4 Å². The first-order chi connectivity index (χ1) is 40.1. The highest BCUT2D eigenvalue weighted by atomic mass is 79.9. The molecule has 4 aliphatic rings. The summed E-state index contributed by atoms with van der Waals surface area (Å²) in [6.45, 7) is 9.05. The second-order valence-electron chi connectivity index (χ2n) is 22.4. The number of nitrogens with one attached hydrogen (secondary N) is 1. The van der Waals surface area contributed by atoms with Gasteiger partial charge in [0.05, 0.1) is 49.1 Å². The number of aliphatic hydroxyl groups excluding tert-OH is 2. The fourth-order valence-electron chi connectivity index (χ4n) is 11.4. The van der Waals surface area contributed by atoms with E-state index >= 15 is 0 Å². The largest absolute Gasteiger partial charge is 0.497 e. The quantitative estimate of drug-likeness (QED) is 0.0649. The van der Waals surface area contributed by atoms with E-state index in [4.69, 9.17) is 23.8 Å². The summed E-state index contributed by atoms with van der Waals surface area (Å²) in [4.78, 5) is 69.5. The molecule has 84 heavy (non-hydrogen) atoms. The first-order valence-electron chi connectivity index (χ1n) is 27.8. The number of carbonyl (C=O) groups excluding carboxylic acids is 5. The fraction of sp³-hybridized carbons (Fsp3) is 0.379. The molecule has 446 valence electrons. The highest BCUT2D eigenvalue weighted by Crippen LogP contribution is 2.61. The first kappa shape index (κ1) is 64.6. The maximum absolute atomic E-state index is 14.3. The zero-order valence-electron chi connectivity index (χ0n) is 49.2. The number of amides is 3. The third-order valence-corrected chi connectivity index (χ3v) is 17.6. The molecule has 8 atom stereocenters. The maximum atomic E-state index is 14.3. The van der Waals surface area contributed by atoms with Crippen LogP contribution in [0.1, 0.15) is 98.7 Å². The molecule has 0 radical (unpaired) electrons. The molecular weight excluding hydrogens is 1200 g/mol. The molecule has 18 heteroatoms. The zero-order valence-corrected chi connectivity index (χ0v) is 52.4. The van der Waals surface area contributed by atoms with E-state index in [0.717, 1.165) is 56.5 Å². The van der Waals surface area contributed by atoms with Crippen LogP contribution in [0.2, 0.25) is 0 Å². The van der Waals surface area contributed by atoms with E-state index in [0.29, 0.717) is 68.9 Å². The van der Waals surface area contributed by atoms with Crippen LogP contribution in [-0.4, -0.2) is 129 Å². The van der Waals surface area contributed by atoms with Crippen LogP contribution in [-0.2, 0) is 29.4 Å². The summed E-state index contributed by atoms with van der Waals surface area (Å²) in [7, 11) is 10.00. The molecule has 1 aliphatic heterocycles. The van der Waals surface area contributed by atoms with Crippen molar-refractivity contribution < 1.29 is 58.0 Å². The Labute approximate surface area is 509 Å². The van der Waals surface area contributed by atoms with Gasteiger partial charge in [-0.3, -0.25) is 28.8 Å². The smallest absolute Gasteiger partial charge is 0.255 e. The van der Waals surface area contributed by atoms with Gasteiger partial charge in [-0.15, -0.1) is 0 Å². The van der Waals surface area contributed by atoms with Crippen molar-refractivity contribution >= 4 is 62.2 Å². The number of hydrogen-bond donors (Lipinski definition) is 3. The van der Waals surface area contributed by atoms with Crippen LogP contribution in [0.5, 0.6) is 23.0 Å². The van der Waals surface area contributed by atoms with Crippen LogP contribution < -0.4 is 24.3 Å². The Balaban J connectivity index is 0.000000248. The van der Waals surface area contributed by atoms with Crippen molar-refractivity contribution in [1.82, 2.24) is 20.2 Å². The third kappa shape index (κ3) is 15.1. The molecule has 6 aromatic rings. The summed E-state index contributed by atoms with van der Waals surface area (Å²) in [5.74, 6) is 3.06. The first-order valence-corrected chi connectivity index (χ1v) is 29.4. The van der Waals surface area contributed by atoms with E-state index in [1.807, 2.05) is 84.9 Å². The Hall–Kier alpha value is -6.93. The Kier molecular flexibility index (Phi) is 22.5. The van der Waals surface area contributed by atoms with Crippen molar-refractivity contribution in [3.8, 4) is 34.1 Å². The van der Waals surface area contributed by atoms with Gasteiger partial charge in [0.15, 0.2) is 12.6 Å². The predicted octanol–water partition coefficient (Wildman–Crippen LogP) is 11.1. The van der Waals surface area contributed by atoms with Crippen molar-refractivity contribution in [2.75, 3.05) is 49.0 Å². The van der Waals surface area contributed by atoms with E-state index in [1.165, 1.54) is 11.3 Å². The summed E-state index contributed by atoms with van der Waals surface area (Å²) in [6, 6.07) is 38.2. The van der Waals surface area contributed by atoms with Crippen molar-refractivity contribution in [3.63, 3.8) is 0 Å². The van der Waals surface area contributed by atoms with Gasteiger partial charge in [-0.1, -0.05) is 93.6 Å². The lowest BCUT2D eigenvalue weighted by Crippen LogP contribution is -2.62. The van der Waals surface area contributed by atoms with Crippen LogP contribution in [0.3, 0.4) is 0 Å². The molecule has 3 saturated carbocycles. The highest BCUT2D eigenvalue weighted by Gasteiger charge is 2.57. The Morgan fingerprint density at radius 3 is 1.80 bits per heavy atom. The second kappa shape index (κ2) is 29.2. The SMILES string of the molecule is CN(C)C(=O)c1c(Br)cccc1C=O.COc1ccc(COc2c(Br)cccc2C=O)cc1.COc1ccc(COc2c(CN3O[C@@H](CO)[C@@H]([C@H](C)O)[C@H]3C(=O)N[C@H]3C[C@H]4C[C@@H]([C@@H]3C)C4(C)C)cccc2-c2ccc(C(=O)N(C)C)cc2)cc1. The van der Waals surface area contributed by atoms with Crippen LogP contribution in [0.4, 0.5) is 0 Å². The number of ether oxygens (including phenoxy) is 4. The molecule has 6 aromatic carbocycles. The van der Waals surface area contributed by atoms with Gasteiger partial charge in [-0.25, -0.2) is 0 Å². The number of rotatable bonds is 19. The number of hydroxylamine groups is 2. The Morgan fingerprint density at radius 1 is 0.738 bits per heavy atom. The average Bonchev–Trinajstić information content (AvgIpc) is 1.01. The number of para-hydroxylation sites is 2. The third-order valence-electron chi connectivity index (χ3n) is 16.3. The number of methoxy groups -OCH3 is 2. The predicted molar refractivity (Wildman–Crippen MR) is 329 cm³/mol. The highest BCUT2D eigenvalue weighted by molar-refractivity contribution is 9.10. The van der Waals surface area contributed by atoms with Crippen LogP contribution >= 0.6 is 31.9 Å². The van der Waals surface area contributed by atoms with Gasteiger partial charge in [0.2, 0.25) is 5.91 Å². The lowest BCUT2D eigenvalue weighted by atomic mass is 9.45. The van der Waals surface area contributed by atoms with Crippen LogP contribution in [0, 0.1) is 29.1 Å². The van der Waals surface area contributed by atoms with Crippen LogP contribution in [0.15, 0.2) is 136 Å². The van der Waals surface area contributed by atoms with Crippen molar-refractivity contribution in [1.29, 1.82) is 0 Å². The number of halogens is 2. The molecule has 3 aliphatic carbocycles. The number of hydrogen-bond acceptors (Lipinski definition) is 13. The molecule has 1 heterocycles. The Morgan fingerprint density at radius 2 is 1.29 bits per heavy atom. The van der Waals surface area contributed by atoms with E-state index in [9.17, 15) is 34.2 Å². The molecule has 0 unspecified atom stereocenters. The van der Waals surface area contributed by atoms with Gasteiger partial charge in [0, 0.05) is 66.9 Å². The number of nitrogens with zero attached hydrogens (tertiary/aromatic N) is 3. The molecule has 1 saturated heterocycles. The molecule has 10 rings (SSSR count). The van der Waals surface area contributed by atoms with E-state index < -0.39 is 24.2 Å². The minimum absolute atomic E-state index is 0.0352. The van der Waals surface area contributed by atoms with Gasteiger partial charge in [0.25, 0.3) is 11.8 Å². The van der Waals surface area contributed by atoms with E-state index in [-0.39, 0.29) is 48.9 Å². The monoisotopic (exact) mass is 1270 g/mol. The molecule has 3 N–H and O–H groups in total. The normalized spacial score (nSPS) is 20.4. The molecule has 2 bridgehead atoms. The molecule has 16 nitrogen and oxygen atoms in total. The number of aldehydes is 2. The van der Waals surface area contributed by atoms with Crippen LogP contribution in [0.25, 0.3) is 11.1 Å². The molecule has 4 fully saturated rings. The van der Waals surface area contributed by atoms with E-state index in [2.05, 4.69) is 57.9 Å². The molecule has 0 spiro atoms. The van der Waals surface area contributed by atoms with Gasteiger partial charge < -0.3 is 44.3 Å². The zero-order chi connectivity index (χ0) is 61.0. The molecule has 0 aromatic heterocycles. The average molecular weight is 1280 g/mol.